The van der Waals surface area contributed by atoms with Crippen molar-refractivity contribution in [2.45, 2.75) is 17.4 Å². The number of benzene rings is 2. The fourth-order valence-corrected chi connectivity index (χ4v) is 4.56. The number of ether oxygens (including phenoxy) is 1. The van der Waals surface area contributed by atoms with Gasteiger partial charge in [0.1, 0.15) is 11.4 Å². The van der Waals surface area contributed by atoms with Crippen molar-refractivity contribution in [1.82, 2.24) is 19.7 Å². The first-order valence-electron chi connectivity index (χ1n) is 8.60. The summed E-state index contributed by atoms with van der Waals surface area (Å²) < 4.78 is 108. The summed E-state index contributed by atoms with van der Waals surface area (Å²) in [7, 11) is -4.86. The molecule has 1 N–H and O–H groups in total. The van der Waals surface area contributed by atoms with Crippen LogP contribution in [0.2, 0.25) is 15.1 Å². The van der Waals surface area contributed by atoms with Crippen LogP contribution in [-0.4, -0.2) is 35.7 Å². The van der Waals surface area contributed by atoms with Gasteiger partial charge in [0, 0.05) is 5.02 Å². The highest BCUT2D eigenvalue weighted by molar-refractivity contribution is 7.90. The molecule has 0 saturated carbocycles. The van der Waals surface area contributed by atoms with Gasteiger partial charge in [-0.2, -0.15) is 13.2 Å². The summed E-state index contributed by atoms with van der Waals surface area (Å²) >= 11 is 17.6. The third kappa shape index (κ3) is 6.09. The average molecular weight is 584 g/mol. The fraction of sp³-hybridized carbons (Fsp3) is 0.118. The van der Waals surface area contributed by atoms with Gasteiger partial charge in [0.2, 0.25) is 0 Å². The Hall–Kier alpha value is -2.75. The van der Waals surface area contributed by atoms with Gasteiger partial charge in [-0.1, -0.05) is 40.0 Å². The molecule has 8 nitrogen and oxygen atoms in total. The van der Waals surface area contributed by atoms with Crippen LogP contribution in [-0.2, 0) is 16.2 Å². The van der Waals surface area contributed by atoms with Crippen LogP contribution in [0.3, 0.4) is 0 Å². The first-order chi connectivity index (χ1) is 16.0. The number of nitrogens with one attached hydrogen (secondary N) is 1. The van der Waals surface area contributed by atoms with Crippen molar-refractivity contribution in [2.24, 2.45) is 0 Å². The van der Waals surface area contributed by atoms with Gasteiger partial charge in [-0.3, -0.25) is 4.79 Å². The molecule has 188 valence electrons. The minimum absolute atomic E-state index is 0.0202. The molecule has 0 spiro atoms. The molecule has 0 radical (unpaired) electrons. The van der Waals surface area contributed by atoms with Gasteiger partial charge >= 0.3 is 12.5 Å². The molecular formula is C17H7Cl3F6N4O4S. The van der Waals surface area contributed by atoms with Crippen LogP contribution in [0.25, 0.3) is 5.69 Å². The van der Waals surface area contributed by atoms with Crippen molar-refractivity contribution < 1.29 is 44.3 Å². The summed E-state index contributed by atoms with van der Waals surface area (Å²) in [5.74, 6) is -2.62. The number of rotatable bonds is 5. The number of hydrogen-bond donors (Lipinski definition) is 1. The van der Waals surface area contributed by atoms with E-state index in [1.54, 1.807) is 0 Å². The lowest BCUT2D eigenvalue weighted by Gasteiger charge is -2.14. The van der Waals surface area contributed by atoms with Crippen molar-refractivity contribution in [2.75, 3.05) is 0 Å². The number of carbonyl (C=O) groups excluding carboxylic acids is 1. The number of sulfonamides is 1. The Balaban J connectivity index is 1.98. The molecule has 0 bridgehead atoms. The first-order valence-corrected chi connectivity index (χ1v) is 11.2. The van der Waals surface area contributed by atoms with Crippen LogP contribution < -0.4 is 9.46 Å². The summed E-state index contributed by atoms with van der Waals surface area (Å²) in [5.41, 5.74) is -3.81. The van der Waals surface area contributed by atoms with E-state index in [1.807, 2.05) is 0 Å². The third-order valence-corrected chi connectivity index (χ3v) is 6.08. The van der Waals surface area contributed by atoms with E-state index < -0.39 is 66.2 Å². The Kier molecular flexibility index (Phi) is 7.19. The van der Waals surface area contributed by atoms with Crippen LogP contribution in [0.15, 0.2) is 41.3 Å². The van der Waals surface area contributed by atoms with Gasteiger partial charge in [-0.05, 0) is 36.4 Å². The van der Waals surface area contributed by atoms with Gasteiger partial charge in [0.15, 0.2) is 11.4 Å². The molecule has 1 amide bonds. The van der Waals surface area contributed by atoms with Crippen molar-refractivity contribution >= 4 is 50.7 Å². The second-order valence-electron chi connectivity index (χ2n) is 6.37. The van der Waals surface area contributed by atoms with Crippen molar-refractivity contribution in [3.05, 3.63) is 62.9 Å². The number of nitrogens with zero attached hydrogens (tertiary/aromatic N) is 3. The van der Waals surface area contributed by atoms with Gasteiger partial charge in [-0.15, -0.1) is 18.3 Å². The van der Waals surface area contributed by atoms with Gasteiger partial charge in [-0.25, -0.2) is 17.8 Å². The van der Waals surface area contributed by atoms with E-state index >= 15 is 0 Å². The standard InChI is InChI=1S/C17H7Cl3F6N4O4S/c18-7-5-10(19)13(11(20)6-7)30-14(16(21,22)23)12(27-29-30)15(31)28-35(32,33)9-3-1-8(2-4-9)34-17(24,25)26/h1-6H,(H,28,31). The molecule has 3 aromatic rings. The number of hydrogen-bond acceptors (Lipinski definition) is 6. The number of carbonyl (C=O) groups is 1. The zero-order valence-electron chi connectivity index (χ0n) is 16.2. The molecule has 0 aliphatic heterocycles. The highest BCUT2D eigenvalue weighted by atomic mass is 35.5. The predicted molar refractivity (Wildman–Crippen MR) is 109 cm³/mol. The van der Waals surface area contributed by atoms with Crippen LogP contribution in [0.5, 0.6) is 5.75 Å². The topological polar surface area (TPSA) is 103 Å². The van der Waals surface area contributed by atoms with Crippen molar-refractivity contribution in [3.63, 3.8) is 0 Å². The second-order valence-corrected chi connectivity index (χ2v) is 9.30. The van der Waals surface area contributed by atoms with E-state index in [-0.39, 0.29) is 9.70 Å². The zero-order valence-corrected chi connectivity index (χ0v) is 19.3. The van der Waals surface area contributed by atoms with E-state index in [2.05, 4.69) is 15.0 Å². The summed E-state index contributed by atoms with van der Waals surface area (Å²) in [5, 5.41) is 5.55. The summed E-state index contributed by atoms with van der Waals surface area (Å²) in [6.07, 6.45) is -10.4. The molecule has 0 atom stereocenters. The maximum Gasteiger partial charge on any atom is 0.573 e. The van der Waals surface area contributed by atoms with Gasteiger partial charge in [0.25, 0.3) is 15.9 Å². The Morgan fingerprint density at radius 3 is 2.00 bits per heavy atom. The third-order valence-electron chi connectivity index (χ3n) is 3.94. The molecule has 1 aromatic heterocycles. The van der Waals surface area contributed by atoms with Crippen molar-refractivity contribution in [3.8, 4) is 11.4 Å². The molecule has 0 saturated heterocycles. The number of aromatic nitrogens is 3. The van der Waals surface area contributed by atoms with Crippen LogP contribution in [0.4, 0.5) is 26.3 Å². The molecule has 1 heterocycles. The van der Waals surface area contributed by atoms with E-state index in [0.29, 0.717) is 24.3 Å². The minimum atomic E-state index is -5.30. The van der Waals surface area contributed by atoms with Crippen LogP contribution in [0, 0.1) is 0 Å². The predicted octanol–water partition coefficient (Wildman–Crippen LogP) is 5.26. The smallest absolute Gasteiger partial charge is 0.406 e. The molecule has 35 heavy (non-hydrogen) atoms. The Labute approximate surface area is 206 Å². The highest BCUT2D eigenvalue weighted by Crippen LogP contribution is 2.38. The van der Waals surface area contributed by atoms with E-state index in [0.717, 1.165) is 12.1 Å². The lowest BCUT2D eigenvalue weighted by atomic mass is 10.2. The lowest BCUT2D eigenvalue weighted by Crippen LogP contribution is -2.32. The van der Waals surface area contributed by atoms with Crippen LogP contribution in [0.1, 0.15) is 16.2 Å². The summed E-state index contributed by atoms with van der Waals surface area (Å²) in [6.45, 7) is 0. The van der Waals surface area contributed by atoms with E-state index in [1.165, 1.54) is 4.72 Å². The molecule has 3 rings (SSSR count). The highest BCUT2D eigenvalue weighted by Gasteiger charge is 2.43. The Morgan fingerprint density at radius 1 is 0.971 bits per heavy atom. The molecule has 0 aliphatic carbocycles. The first kappa shape index (κ1) is 26.8. The van der Waals surface area contributed by atoms with Crippen LogP contribution >= 0.6 is 34.8 Å². The second kappa shape index (κ2) is 9.37. The van der Waals surface area contributed by atoms with Gasteiger partial charge < -0.3 is 4.74 Å². The molecular weight excluding hydrogens is 577 g/mol. The minimum Gasteiger partial charge on any atom is -0.406 e. The number of halogens is 9. The molecule has 18 heteroatoms. The zero-order chi connectivity index (χ0) is 26.3. The molecule has 0 unspecified atom stereocenters. The Morgan fingerprint density at radius 2 is 1.51 bits per heavy atom. The van der Waals surface area contributed by atoms with E-state index in [4.69, 9.17) is 34.8 Å². The summed E-state index contributed by atoms with van der Waals surface area (Å²) in [4.78, 5) is 11.7. The average Bonchev–Trinajstić information content (AvgIpc) is 3.11. The Bertz CT molecular complexity index is 1370. The molecule has 0 aliphatic rings. The lowest BCUT2D eigenvalue weighted by molar-refractivity contribution is -0.274. The van der Waals surface area contributed by atoms with Gasteiger partial charge in [0.05, 0.1) is 14.9 Å². The largest absolute Gasteiger partial charge is 0.573 e. The van der Waals surface area contributed by atoms with Crippen molar-refractivity contribution in [1.29, 1.82) is 0 Å². The SMILES string of the molecule is O=C(NS(=O)(=O)c1ccc(OC(F)(F)F)cc1)c1nnn(-c2c(Cl)cc(Cl)cc2Cl)c1C(F)(F)F. The quantitative estimate of drug-likeness (QED) is 0.411. The van der Waals surface area contributed by atoms with E-state index in [9.17, 15) is 39.6 Å². The maximum absolute atomic E-state index is 13.8. The monoisotopic (exact) mass is 582 g/mol. The summed E-state index contributed by atoms with van der Waals surface area (Å²) in [6, 6.07) is 4.59. The number of alkyl halides is 6. The molecule has 2 aromatic carbocycles. The fourth-order valence-electron chi connectivity index (χ4n) is 2.63. The maximum atomic E-state index is 13.8. The number of amides is 1. The normalized spacial score (nSPS) is 12.5. The molecule has 0 fully saturated rings.